The van der Waals surface area contributed by atoms with E-state index in [2.05, 4.69) is 10.2 Å². The molecule has 1 aromatic heterocycles. The Morgan fingerprint density at radius 2 is 2.11 bits per heavy atom. The van der Waals surface area contributed by atoms with E-state index in [0.717, 1.165) is 17.4 Å². The van der Waals surface area contributed by atoms with Gasteiger partial charge in [-0.05, 0) is 31.9 Å². The van der Waals surface area contributed by atoms with Gasteiger partial charge in [-0.3, -0.25) is 19.5 Å². The van der Waals surface area contributed by atoms with Crippen LogP contribution in [0, 0.1) is 28.4 Å². The van der Waals surface area contributed by atoms with Gasteiger partial charge in [-0.2, -0.15) is 10.4 Å². The van der Waals surface area contributed by atoms with Gasteiger partial charge < -0.3 is 9.84 Å². The number of rotatable bonds is 5. The van der Waals surface area contributed by atoms with Crippen molar-refractivity contribution in [1.29, 1.82) is 5.26 Å². The smallest absolute Gasteiger partial charge is 0.281 e. The fourth-order valence-electron chi connectivity index (χ4n) is 2.97. The number of non-ortho nitro benzene ring substituents is 1. The minimum absolute atomic E-state index is 0.0600. The molecule has 0 radical (unpaired) electrons. The van der Waals surface area contributed by atoms with Gasteiger partial charge in [0.2, 0.25) is 5.88 Å². The van der Waals surface area contributed by atoms with E-state index in [9.17, 15) is 25.3 Å². The van der Waals surface area contributed by atoms with Crippen molar-refractivity contribution in [2.75, 3.05) is 6.61 Å². The Kier molecular flexibility index (Phi) is 5.47. The van der Waals surface area contributed by atoms with Crippen LogP contribution in [0.5, 0.6) is 5.88 Å². The number of benzene rings is 1. The standard InChI is InChI=1S/C18H17N5O5/c1-11-15(9-19)17(24)22(10-14-3-2-8-28-14)18(25)16(11)21-20-12-4-6-13(7-5-12)23(26)27/h4-7,14,24H,2-3,8,10H2,1H3. The molecule has 10 heteroatoms. The van der Waals surface area contributed by atoms with Gasteiger partial charge in [0, 0.05) is 24.3 Å². The van der Waals surface area contributed by atoms with E-state index in [4.69, 9.17) is 4.74 Å². The summed E-state index contributed by atoms with van der Waals surface area (Å²) in [5.41, 5.74) is -0.303. The molecular formula is C18H17N5O5. The number of hydrogen-bond acceptors (Lipinski definition) is 8. The van der Waals surface area contributed by atoms with Gasteiger partial charge in [0.15, 0.2) is 5.69 Å². The molecule has 2 heterocycles. The molecule has 10 nitrogen and oxygen atoms in total. The van der Waals surface area contributed by atoms with Gasteiger partial charge in [0.05, 0.1) is 23.3 Å². The van der Waals surface area contributed by atoms with E-state index < -0.39 is 16.4 Å². The summed E-state index contributed by atoms with van der Waals surface area (Å²) in [4.78, 5) is 23.0. The van der Waals surface area contributed by atoms with Crippen molar-refractivity contribution in [3.05, 3.63) is 55.9 Å². The summed E-state index contributed by atoms with van der Waals surface area (Å²) in [5.74, 6) is -0.421. The second-order valence-electron chi connectivity index (χ2n) is 6.31. The van der Waals surface area contributed by atoms with Crippen molar-refractivity contribution >= 4 is 17.1 Å². The van der Waals surface area contributed by atoms with Crippen LogP contribution in [0.25, 0.3) is 0 Å². The van der Waals surface area contributed by atoms with Crippen LogP contribution in [0.4, 0.5) is 17.1 Å². The number of ether oxygens (including phenoxy) is 1. The van der Waals surface area contributed by atoms with Crippen molar-refractivity contribution in [3.63, 3.8) is 0 Å². The van der Waals surface area contributed by atoms with Gasteiger partial charge in [-0.25, -0.2) is 0 Å². The molecule has 1 saturated heterocycles. The Morgan fingerprint density at radius 3 is 2.68 bits per heavy atom. The zero-order valence-electron chi connectivity index (χ0n) is 15.0. The predicted octanol–water partition coefficient (Wildman–Crippen LogP) is 3.24. The lowest BCUT2D eigenvalue weighted by Gasteiger charge is -2.16. The number of nitro benzene ring substituents is 1. The molecule has 1 atom stereocenters. The van der Waals surface area contributed by atoms with Crippen molar-refractivity contribution in [1.82, 2.24) is 4.57 Å². The molecule has 0 saturated carbocycles. The first-order chi connectivity index (χ1) is 13.4. The average Bonchev–Trinajstić information content (AvgIpc) is 3.19. The largest absolute Gasteiger partial charge is 0.493 e. The molecule has 1 aliphatic heterocycles. The summed E-state index contributed by atoms with van der Waals surface area (Å²) in [6.45, 7) is 2.20. The molecule has 0 bridgehead atoms. The minimum Gasteiger partial charge on any atom is -0.493 e. The monoisotopic (exact) mass is 383 g/mol. The number of nitriles is 1. The third kappa shape index (κ3) is 3.74. The van der Waals surface area contributed by atoms with Crippen LogP contribution in [0.15, 0.2) is 39.3 Å². The molecule has 1 aliphatic rings. The molecule has 3 rings (SSSR count). The predicted molar refractivity (Wildman–Crippen MR) is 98.1 cm³/mol. The highest BCUT2D eigenvalue weighted by Crippen LogP contribution is 2.28. The fraction of sp³-hybridized carbons (Fsp3) is 0.333. The zero-order chi connectivity index (χ0) is 20.3. The zero-order valence-corrected chi connectivity index (χ0v) is 15.0. The number of hydrogen-bond donors (Lipinski definition) is 1. The van der Waals surface area contributed by atoms with E-state index in [1.54, 1.807) is 0 Å². The minimum atomic E-state index is -0.588. The maximum absolute atomic E-state index is 12.8. The first-order valence-corrected chi connectivity index (χ1v) is 8.56. The molecule has 1 unspecified atom stereocenters. The molecule has 1 aromatic carbocycles. The molecule has 1 fully saturated rings. The van der Waals surface area contributed by atoms with E-state index in [-0.39, 0.29) is 35.2 Å². The third-order valence-electron chi connectivity index (χ3n) is 4.51. The molecule has 0 aliphatic carbocycles. The molecule has 28 heavy (non-hydrogen) atoms. The second kappa shape index (κ2) is 7.98. The Hall–Kier alpha value is -3.58. The lowest BCUT2D eigenvalue weighted by atomic mass is 10.1. The summed E-state index contributed by atoms with van der Waals surface area (Å²) >= 11 is 0. The van der Waals surface area contributed by atoms with E-state index in [1.807, 2.05) is 6.07 Å². The molecular weight excluding hydrogens is 366 g/mol. The number of pyridine rings is 1. The lowest BCUT2D eigenvalue weighted by Crippen LogP contribution is -2.27. The summed E-state index contributed by atoms with van der Waals surface area (Å²) in [7, 11) is 0. The SMILES string of the molecule is Cc1c(C#N)c(O)n(CC2CCCO2)c(=O)c1N=Nc1ccc([N+](=O)[O-])cc1. The summed E-state index contributed by atoms with van der Waals surface area (Å²) in [5, 5.41) is 38.3. The van der Waals surface area contributed by atoms with Gasteiger partial charge in [-0.15, -0.1) is 5.11 Å². The van der Waals surface area contributed by atoms with Crippen LogP contribution < -0.4 is 5.56 Å². The Morgan fingerprint density at radius 1 is 1.39 bits per heavy atom. The Bertz CT molecular complexity index is 1030. The first-order valence-electron chi connectivity index (χ1n) is 8.56. The van der Waals surface area contributed by atoms with E-state index in [0.29, 0.717) is 12.3 Å². The number of aromatic hydroxyl groups is 1. The number of azo groups is 1. The normalized spacial score (nSPS) is 16.4. The van der Waals surface area contributed by atoms with Crippen LogP contribution in [0.1, 0.15) is 24.0 Å². The first kappa shape index (κ1) is 19.2. The molecule has 2 aromatic rings. The second-order valence-corrected chi connectivity index (χ2v) is 6.31. The average molecular weight is 383 g/mol. The topological polar surface area (TPSA) is 143 Å². The third-order valence-corrected chi connectivity index (χ3v) is 4.51. The number of nitro groups is 1. The highest BCUT2D eigenvalue weighted by atomic mass is 16.6. The van der Waals surface area contributed by atoms with Crippen LogP contribution in [-0.4, -0.2) is 27.3 Å². The fourth-order valence-corrected chi connectivity index (χ4v) is 2.97. The molecule has 1 N–H and O–H groups in total. The number of nitrogens with zero attached hydrogens (tertiary/aromatic N) is 5. The highest BCUT2D eigenvalue weighted by Gasteiger charge is 2.23. The van der Waals surface area contributed by atoms with Crippen LogP contribution in [0.3, 0.4) is 0 Å². The van der Waals surface area contributed by atoms with E-state index in [1.165, 1.54) is 31.2 Å². The molecule has 144 valence electrons. The van der Waals surface area contributed by atoms with Crippen LogP contribution >= 0.6 is 0 Å². The van der Waals surface area contributed by atoms with Gasteiger partial charge in [-0.1, -0.05) is 0 Å². The van der Waals surface area contributed by atoms with Crippen LogP contribution in [-0.2, 0) is 11.3 Å². The highest BCUT2D eigenvalue weighted by molar-refractivity contribution is 5.57. The van der Waals surface area contributed by atoms with E-state index >= 15 is 0 Å². The van der Waals surface area contributed by atoms with Crippen molar-refractivity contribution in [3.8, 4) is 11.9 Å². The Labute approximate surface area is 159 Å². The van der Waals surface area contributed by atoms with Crippen molar-refractivity contribution in [2.24, 2.45) is 10.2 Å². The summed E-state index contributed by atoms with van der Waals surface area (Å²) in [6.07, 6.45) is 1.39. The van der Waals surface area contributed by atoms with Crippen molar-refractivity contribution in [2.45, 2.75) is 32.4 Å². The molecule has 0 spiro atoms. The maximum Gasteiger partial charge on any atom is 0.281 e. The summed E-state index contributed by atoms with van der Waals surface area (Å²) < 4.78 is 6.58. The number of aromatic nitrogens is 1. The Balaban J connectivity index is 2.00. The maximum atomic E-state index is 12.8. The lowest BCUT2D eigenvalue weighted by molar-refractivity contribution is -0.384. The van der Waals surface area contributed by atoms with Gasteiger partial charge >= 0.3 is 0 Å². The van der Waals surface area contributed by atoms with Gasteiger partial charge in [0.25, 0.3) is 11.2 Å². The van der Waals surface area contributed by atoms with Crippen LogP contribution in [0.2, 0.25) is 0 Å². The quantitative estimate of drug-likeness (QED) is 0.477. The summed E-state index contributed by atoms with van der Waals surface area (Å²) in [6, 6.07) is 7.22. The van der Waals surface area contributed by atoms with Gasteiger partial charge in [0.1, 0.15) is 11.6 Å². The molecule has 0 amide bonds. The van der Waals surface area contributed by atoms with Crippen molar-refractivity contribution < 1.29 is 14.8 Å².